The van der Waals surface area contributed by atoms with Gasteiger partial charge in [0, 0.05) is 11.8 Å². The Kier molecular flexibility index (Phi) is 2.70. The zero-order valence-electron chi connectivity index (χ0n) is 6.97. The summed E-state index contributed by atoms with van der Waals surface area (Å²) < 4.78 is 0. The summed E-state index contributed by atoms with van der Waals surface area (Å²) in [5.74, 6) is 4.13. The van der Waals surface area contributed by atoms with Crippen molar-refractivity contribution in [3.8, 4) is 12.3 Å². The van der Waals surface area contributed by atoms with Crippen molar-refractivity contribution in [2.24, 2.45) is 11.8 Å². The second kappa shape index (κ2) is 3.57. The summed E-state index contributed by atoms with van der Waals surface area (Å²) in [5, 5.41) is 0. The molecule has 0 aromatic heterocycles. The molecule has 0 aromatic rings. The van der Waals surface area contributed by atoms with Crippen LogP contribution >= 0.6 is 0 Å². The van der Waals surface area contributed by atoms with Gasteiger partial charge >= 0.3 is 0 Å². The molecule has 0 bridgehead atoms. The first-order valence-corrected chi connectivity index (χ1v) is 4.20. The molecule has 0 amide bonds. The highest BCUT2D eigenvalue weighted by atomic mass is 16.1. The molecule has 2 fully saturated rings. The van der Waals surface area contributed by atoms with Crippen molar-refractivity contribution in [2.75, 3.05) is 0 Å². The molecule has 11 heavy (non-hydrogen) atoms. The molecule has 2 aliphatic carbocycles. The third kappa shape index (κ3) is 3.83. The number of carbonyl (C=O) groups excluding carboxylic acids is 1. The molecule has 2 aliphatic rings. The van der Waals surface area contributed by atoms with Crippen molar-refractivity contribution in [1.82, 2.24) is 0 Å². The molecule has 0 unspecified atom stereocenters. The Morgan fingerprint density at radius 1 is 1.36 bits per heavy atom. The van der Waals surface area contributed by atoms with Crippen molar-refractivity contribution < 1.29 is 4.79 Å². The first-order chi connectivity index (χ1) is 5.24. The number of hydrogen-bond donors (Lipinski definition) is 0. The average Bonchev–Trinajstić information content (AvgIpc) is 2.86. The van der Waals surface area contributed by atoms with E-state index in [9.17, 15) is 4.79 Å². The van der Waals surface area contributed by atoms with Crippen LogP contribution in [0.2, 0.25) is 0 Å². The second-order valence-corrected chi connectivity index (χ2v) is 3.33. The van der Waals surface area contributed by atoms with Gasteiger partial charge in [-0.15, -0.1) is 12.3 Å². The monoisotopic (exact) mass is 150 g/mol. The van der Waals surface area contributed by atoms with E-state index < -0.39 is 0 Å². The molecule has 0 saturated heterocycles. The Bertz CT molecular complexity index is 180. The molecule has 1 nitrogen and oxygen atoms in total. The lowest BCUT2D eigenvalue weighted by Gasteiger charge is -1.75. The van der Waals surface area contributed by atoms with Gasteiger partial charge in [0.1, 0.15) is 5.78 Å². The number of carbonyl (C=O) groups is 1. The summed E-state index contributed by atoms with van der Waals surface area (Å²) in [5.41, 5.74) is 0. The lowest BCUT2D eigenvalue weighted by molar-refractivity contribution is -0.118. The third-order valence-corrected chi connectivity index (χ3v) is 1.97. The van der Waals surface area contributed by atoms with Gasteiger partial charge in [0.2, 0.25) is 0 Å². The molecule has 0 N–H and O–H groups in total. The maximum absolute atomic E-state index is 10.2. The zero-order valence-corrected chi connectivity index (χ0v) is 6.97. The molecule has 2 rings (SSSR count). The highest BCUT2D eigenvalue weighted by Gasteiger charge is 2.25. The molecule has 2 saturated carbocycles. The number of ketones is 1. The minimum absolute atomic E-state index is 0.370. The number of Topliss-reactive ketones (excluding diaryl/α,β-unsaturated/α-hetero) is 1. The van der Waals surface area contributed by atoms with Crippen LogP contribution in [-0.4, -0.2) is 5.78 Å². The Morgan fingerprint density at radius 2 is 1.91 bits per heavy atom. The number of rotatable bonds is 1. The van der Waals surface area contributed by atoms with Gasteiger partial charge < -0.3 is 0 Å². The number of hydrogen-bond acceptors (Lipinski definition) is 1. The lowest BCUT2D eigenvalue weighted by atomic mass is 10.3. The summed E-state index contributed by atoms with van der Waals surface area (Å²) in [6, 6.07) is 0. The maximum Gasteiger partial charge on any atom is 0.132 e. The largest absolute Gasteiger partial charge is 0.300 e. The second-order valence-electron chi connectivity index (χ2n) is 3.33. The SMILES string of the molecule is C#CC1CC1.CC(=O)C1CC1. The van der Waals surface area contributed by atoms with E-state index in [2.05, 4.69) is 5.92 Å². The topological polar surface area (TPSA) is 17.1 Å². The molecule has 0 aromatic carbocycles. The van der Waals surface area contributed by atoms with Gasteiger partial charge in [-0.2, -0.15) is 0 Å². The quantitative estimate of drug-likeness (QED) is 0.522. The van der Waals surface area contributed by atoms with E-state index >= 15 is 0 Å². The van der Waals surface area contributed by atoms with Gasteiger partial charge in [-0.05, 0) is 32.6 Å². The highest BCUT2D eigenvalue weighted by molar-refractivity contribution is 5.80. The fourth-order valence-corrected chi connectivity index (χ4v) is 0.740. The molecular weight excluding hydrogens is 136 g/mol. The summed E-state index contributed by atoms with van der Waals surface area (Å²) >= 11 is 0. The summed E-state index contributed by atoms with van der Waals surface area (Å²) in [6.07, 6.45) is 9.83. The van der Waals surface area contributed by atoms with Gasteiger partial charge in [0.15, 0.2) is 0 Å². The van der Waals surface area contributed by atoms with E-state index in [0.29, 0.717) is 17.6 Å². The number of terminal acetylenes is 1. The van der Waals surface area contributed by atoms with Crippen molar-refractivity contribution in [1.29, 1.82) is 0 Å². The van der Waals surface area contributed by atoms with Gasteiger partial charge in [-0.1, -0.05) is 0 Å². The Labute approximate surface area is 68.2 Å². The normalized spacial score (nSPS) is 21.1. The van der Waals surface area contributed by atoms with Crippen LogP contribution in [0.3, 0.4) is 0 Å². The van der Waals surface area contributed by atoms with Crippen LogP contribution in [0.4, 0.5) is 0 Å². The fraction of sp³-hybridized carbons (Fsp3) is 0.700. The Morgan fingerprint density at radius 3 is 1.91 bits per heavy atom. The van der Waals surface area contributed by atoms with Crippen LogP contribution in [0.5, 0.6) is 0 Å². The molecule has 60 valence electrons. The van der Waals surface area contributed by atoms with Crippen LogP contribution in [0.1, 0.15) is 32.6 Å². The smallest absolute Gasteiger partial charge is 0.132 e. The first-order valence-electron chi connectivity index (χ1n) is 4.20. The van der Waals surface area contributed by atoms with E-state index in [4.69, 9.17) is 6.42 Å². The van der Waals surface area contributed by atoms with Gasteiger partial charge in [-0.25, -0.2) is 0 Å². The summed E-state index contributed by atoms with van der Waals surface area (Å²) in [4.78, 5) is 10.2. The molecule has 0 heterocycles. The van der Waals surface area contributed by atoms with E-state index in [0.717, 1.165) is 12.8 Å². The minimum atomic E-state index is 0.370. The van der Waals surface area contributed by atoms with Crippen molar-refractivity contribution in [2.45, 2.75) is 32.6 Å². The van der Waals surface area contributed by atoms with E-state index in [-0.39, 0.29) is 0 Å². The molecular formula is C10H14O. The molecule has 1 heteroatoms. The summed E-state index contributed by atoms with van der Waals surface area (Å²) in [6.45, 7) is 1.66. The molecule has 0 aliphatic heterocycles. The minimum Gasteiger partial charge on any atom is -0.300 e. The molecule has 0 radical (unpaired) electrons. The third-order valence-electron chi connectivity index (χ3n) is 1.97. The fourth-order valence-electron chi connectivity index (χ4n) is 0.740. The van der Waals surface area contributed by atoms with Crippen LogP contribution in [0, 0.1) is 24.2 Å². The highest BCUT2D eigenvalue weighted by Crippen LogP contribution is 2.29. The van der Waals surface area contributed by atoms with Gasteiger partial charge in [0.05, 0.1) is 0 Å². The standard InChI is InChI=1S/C5H8O.C5H6/c1-4(6)5-2-3-5;1-2-5-3-4-5/h5H,2-3H2,1H3;1,5H,3-4H2. The van der Waals surface area contributed by atoms with Crippen LogP contribution in [0.25, 0.3) is 0 Å². The summed E-state index contributed by atoms with van der Waals surface area (Å²) in [7, 11) is 0. The predicted octanol–water partition coefficient (Wildman–Crippen LogP) is 2.01. The van der Waals surface area contributed by atoms with E-state index in [1.54, 1.807) is 6.92 Å². The molecule has 0 spiro atoms. The Hall–Kier alpha value is -0.770. The predicted molar refractivity (Wildman–Crippen MR) is 45.0 cm³/mol. The van der Waals surface area contributed by atoms with E-state index in [1.165, 1.54) is 12.8 Å². The molecule has 0 atom stereocenters. The van der Waals surface area contributed by atoms with Crippen molar-refractivity contribution in [3.05, 3.63) is 0 Å². The maximum atomic E-state index is 10.2. The van der Waals surface area contributed by atoms with Crippen molar-refractivity contribution >= 4 is 5.78 Å². The zero-order chi connectivity index (χ0) is 8.27. The average molecular weight is 150 g/mol. The van der Waals surface area contributed by atoms with E-state index in [1.807, 2.05) is 0 Å². The first kappa shape index (κ1) is 8.33. The Balaban J connectivity index is 0.000000112. The van der Waals surface area contributed by atoms with Gasteiger partial charge in [0.25, 0.3) is 0 Å². The van der Waals surface area contributed by atoms with Crippen LogP contribution < -0.4 is 0 Å². The lowest BCUT2D eigenvalue weighted by Crippen LogP contribution is -1.88. The van der Waals surface area contributed by atoms with Gasteiger partial charge in [-0.3, -0.25) is 4.79 Å². The van der Waals surface area contributed by atoms with Crippen LogP contribution in [0.15, 0.2) is 0 Å². The van der Waals surface area contributed by atoms with Crippen molar-refractivity contribution in [3.63, 3.8) is 0 Å². The van der Waals surface area contributed by atoms with Crippen LogP contribution in [-0.2, 0) is 4.79 Å².